The third-order valence-electron chi connectivity index (χ3n) is 3.62. The van der Waals surface area contributed by atoms with E-state index < -0.39 is 0 Å². The van der Waals surface area contributed by atoms with E-state index in [9.17, 15) is 4.79 Å². The normalized spacial score (nSPS) is 15.8. The Balaban J connectivity index is 1.89. The van der Waals surface area contributed by atoms with E-state index in [2.05, 4.69) is 23.1 Å². The highest BCUT2D eigenvalue weighted by molar-refractivity contribution is 5.73. The molecule has 98 valence electrons. The van der Waals surface area contributed by atoms with Gasteiger partial charge in [0.25, 0.3) is 0 Å². The molecule has 1 fully saturated rings. The number of rotatable bonds is 4. The van der Waals surface area contributed by atoms with Crippen molar-refractivity contribution in [3.63, 3.8) is 0 Å². The first-order valence-corrected chi connectivity index (χ1v) is 6.72. The summed E-state index contributed by atoms with van der Waals surface area (Å²) < 4.78 is 5.54. The van der Waals surface area contributed by atoms with E-state index in [1.54, 1.807) is 6.07 Å². The molecule has 1 aliphatic rings. The molecule has 0 atom stereocenters. The van der Waals surface area contributed by atoms with Crippen molar-refractivity contribution in [2.24, 2.45) is 0 Å². The Kier molecular flexibility index (Phi) is 3.47. The molecule has 0 N–H and O–H groups in total. The van der Waals surface area contributed by atoms with Gasteiger partial charge in [0, 0.05) is 12.1 Å². The Morgan fingerprint density at radius 2 is 1.89 bits per heavy atom. The molecule has 0 saturated carbocycles. The van der Waals surface area contributed by atoms with Crippen molar-refractivity contribution < 1.29 is 9.21 Å². The monoisotopic (exact) mass is 255 g/mol. The molecule has 1 aliphatic heterocycles. The summed E-state index contributed by atoms with van der Waals surface area (Å²) in [5, 5.41) is 0. The first-order valence-electron chi connectivity index (χ1n) is 6.72. The van der Waals surface area contributed by atoms with Crippen molar-refractivity contribution in [2.75, 3.05) is 13.1 Å². The van der Waals surface area contributed by atoms with Crippen molar-refractivity contribution in [1.29, 1.82) is 0 Å². The minimum atomic E-state index is 0.381. The van der Waals surface area contributed by atoms with Crippen LogP contribution < -0.4 is 0 Å². The van der Waals surface area contributed by atoms with Gasteiger partial charge in [0.1, 0.15) is 5.76 Å². The zero-order valence-corrected chi connectivity index (χ0v) is 10.8. The number of nitrogens with zero attached hydrogens (tertiary/aromatic N) is 1. The standard InChI is InChI=1S/C16H17NO2/c18-12-14-7-8-16(19-14)15-6-2-1-5-13(15)11-17-9-3-4-10-17/h1-2,5-8,12H,3-4,9-11H2. The molecule has 3 nitrogen and oxygen atoms in total. The first kappa shape index (κ1) is 12.2. The number of likely N-dealkylation sites (tertiary alicyclic amines) is 1. The van der Waals surface area contributed by atoms with Crippen molar-refractivity contribution in [1.82, 2.24) is 4.90 Å². The molecule has 1 saturated heterocycles. The van der Waals surface area contributed by atoms with Gasteiger partial charge in [-0.2, -0.15) is 0 Å². The number of benzene rings is 1. The number of carbonyl (C=O) groups excluding carboxylic acids is 1. The van der Waals surface area contributed by atoms with E-state index in [1.807, 2.05) is 12.1 Å². The van der Waals surface area contributed by atoms with Crippen LogP contribution in [0.25, 0.3) is 11.3 Å². The van der Waals surface area contributed by atoms with Gasteiger partial charge in [0.2, 0.25) is 0 Å². The minimum absolute atomic E-state index is 0.381. The molecular formula is C16H17NO2. The average molecular weight is 255 g/mol. The lowest BCUT2D eigenvalue weighted by Gasteiger charge is -2.16. The summed E-state index contributed by atoms with van der Waals surface area (Å²) >= 11 is 0. The van der Waals surface area contributed by atoms with Gasteiger partial charge >= 0.3 is 0 Å². The van der Waals surface area contributed by atoms with Crippen LogP contribution in [-0.4, -0.2) is 24.3 Å². The molecule has 2 aromatic rings. The summed E-state index contributed by atoms with van der Waals surface area (Å²) in [7, 11) is 0. The third-order valence-corrected chi connectivity index (χ3v) is 3.62. The van der Waals surface area contributed by atoms with Crippen LogP contribution >= 0.6 is 0 Å². The van der Waals surface area contributed by atoms with Crippen LogP contribution in [0.5, 0.6) is 0 Å². The second kappa shape index (κ2) is 5.41. The summed E-state index contributed by atoms with van der Waals surface area (Å²) in [6, 6.07) is 11.8. The summed E-state index contributed by atoms with van der Waals surface area (Å²) in [5.41, 5.74) is 2.35. The molecule has 0 unspecified atom stereocenters. The van der Waals surface area contributed by atoms with E-state index in [0.717, 1.165) is 24.2 Å². The SMILES string of the molecule is O=Cc1ccc(-c2ccccc2CN2CCCC2)o1. The molecule has 19 heavy (non-hydrogen) atoms. The Hall–Kier alpha value is -1.87. The molecule has 3 rings (SSSR count). The summed E-state index contributed by atoms with van der Waals surface area (Å²) in [4.78, 5) is 13.2. The topological polar surface area (TPSA) is 33.5 Å². The molecular weight excluding hydrogens is 238 g/mol. The predicted octanol–water partition coefficient (Wildman–Crippen LogP) is 3.35. The van der Waals surface area contributed by atoms with E-state index in [-0.39, 0.29) is 0 Å². The Bertz CT molecular complexity index is 568. The lowest BCUT2D eigenvalue weighted by Crippen LogP contribution is -2.18. The number of hydrogen-bond donors (Lipinski definition) is 0. The fourth-order valence-electron chi connectivity index (χ4n) is 2.64. The van der Waals surface area contributed by atoms with Gasteiger partial charge in [-0.25, -0.2) is 0 Å². The average Bonchev–Trinajstić information content (AvgIpc) is 3.10. The molecule has 1 aromatic heterocycles. The van der Waals surface area contributed by atoms with Crippen LogP contribution in [0.2, 0.25) is 0 Å². The van der Waals surface area contributed by atoms with Crippen LogP contribution in [0.1, 0.15) is 29.0 Å². The van der Waals surface area contributed by atoms with Gasteiger partial charge in [0.15, 0.2) is 12.0 Å². The lowest BCUT2D eigenvalue weighted by molar-refractivity contribution is 0.110. The molecule has 0 aliphatic carbocycles. The highest BCUT2D eigenvalue weighted by Crippen LogP contribution is 2.27. The maximum Gasteiger partial charge on any atom is 0.185 e. The van der Waals surface area contributed by atoms with Crippen molar-refractivity contribution >= 4 is 6.29 Å². The van der Waals surface area contributed by atoms with E-state index in [0.29, 0.717) is 5.76 Å². The Morgan fingerprint density at radius 3 is 2.63 bits per heavy atom. The molecule has 1 aromatic carbocycles. The number of furan rings is 1. The van der Waals surface area contributed by atoms with E-state index in [4.69, 9.17) is 4.42 Å². The first-order chi connectivity index (χ1) is 9.36. The van der Waals surface area contributed by atoms with Gasteiger partial charge in [-0.3, -0.25) is 9.69 Å². The smallest absolute Gasteiger partial charge is 0.185 e. The Labute approximate surface area is 112 Å². The fraction of sp³-hybridized carbons (Fsp3) is 0.312. The number of carbonyl (C=O) groups is 1. The molecule has 0 bridgehead atoms. The summed E-state index contributed by atoms with van der Waals surface area (Å²) in [6.45, 7) is 3.30. The van der Waals surface area contributed by atoms with Gasteiger partial charge in [-0.1, -0.05) is 24.3 Å². The van der Waals surface area contributed by atoms with Gasteiger partial charge in [0.05, 0.1) is 0 Å². The maximum absolute atomic E-state index is 10.7. The number of aldehydes is 1. The quantitative estimate of drug-likeness (QED) is 0.785. The second-order valence-electron chi connectivity index (χ2n) is 4.96. The fourth-order valence-corrected chi connectivity index (χ4v) is 2.64. The highest BCUT2D eigenvalue weighted by Gasteiger charge is 2.15. The van der Waals surface area contributed by atoms with Crippen molar-refractivity contribution in [3.8, 4) is 11.3 Å². The second-order valence-corrected chi connectivity index (χ2v) is 4.96. The Morgan fingerprint density at radius 1 is 1.11 bits per heavy atom. The molecule has 0 spiro atoms. The van der Waals surface area contributed by atoms with Crippen LogP contribution in [0.3, 0.4) is 0 Å². The molecule has 2 heterocycles. The molecule has 0 radical (unpaired) electrons. The maximum atomic E-state index is 10.7. The number of hydrogen-bond acceptors (Lipinski definition) is 3. The van der Waals surface area contributed by atoms with Crippen molar-refractivity contribution in [3.05, 3.63) is 47.7 Å². The van der Waals surface area contributed by atoms with Gasteiger partial charge in [-0.05, 0) is 43.6 Å². The van der Waals surface area contributed by atoms with Crippen LogP contribution in [0, 0.1) is 0 Å². The van der Waals surface area contributed by atoms with Crippen LogP contribution in [0.15, 0.2) is 40.8 Å². The zero-order valence-electron chi connectivity index (χ0n) is 10.8. The van der Waals surface area contributed by atoms with Crippen LogP contribution in [0.4, 0.5) is 0 Å². The lowest BCUT2D eigenvalue weighted by atomic mass is 10.1. The van der Waals surface area contributed by atoms with Crippen molar-refractivity contribution in [2.45, 2.75) is 19.4 Å². The van der Waals surface area contributed by atoms with Gasteiger partial charge in [-0.15, -0.1) is 0 Å². The predicted molar refractivity (Wildman–Crippen MR) is 74.0 cm³/mol. The van der Waals surface area contributed by atoms with Crippen LogP contribution in [-0.2, 0) is 6.54 Å². The third kappa shape index (κ3) is 2.61. The molecule has 0 amide bonds. The molecule has 3 heteroatoms. The van der Waals surface area contributed by atoms with Gasteiger partial charge < -0.3 is 4.42 Å². The summed E-state index contributed by atoms with van der Waals surface area (Å²) in [5.74, 6) is 1.16. The highest BCUT2D eigenvalue weighted by atomic mass is 16.3. The minimum Gasteiger partial charge on any atom is -0.453 e. The van der Waals surface area contributed by atoms with E-state index in [1.165, 1.54) is 31.5 Å². The summed E-state index contributed by atoms with van der Waals surface area (Å²) in [6.07, 6.45) is 3.32. The zero-order chi connectivity index (χ0) is 13.1. The van der Waals surface area contributed by atoms with E-state index >= 15 is 0 Å². The largest absolute Gasteiger partial charge is 0.453 e.